The highest BCUT2D eigenvalue weighted by molar-refractivity contribution is 7.11. The molecule has 0 saturated carbocycles. The fourth-order valence-corrected chi connectivity index (χ4v) is 1.53. The van der Waals surface area contributed by atoms with Gasteiger partial charge in [0.25, 0.3) is 5.91 Å². The van der Waals surface area contributed by atoms with Crippen molar-refractivity contribution >= 4 is 23.2 Å². The zero-order valence-electron chi connectivity index (χ0n) is 8.02. The van der Waals surface area contributed by atoms with Gasteiger partial charge in [-0.2, -0.15) is 0 Å². The first-order valence-corrected chi connectivity index (χ1v) is 4.99. The zero-order valence-corrected chi connectivity index (χ0v) is 8.84. The van der Waals surface area contributed by atoms with Crippen LogP contribution in [0.1, 0.15) is 20.3 Å². The molecule has 7 heteroatoms. The van der Waals surface area contributed by atoms with Gasteiger partial charge >= 0.3 is 5.97 Å². The van der Waals surface area contributed by atoms with Crippen LogP contribution in [0.4, 0.5) is 0 Å². The first kappa shape index (κ1) is 11.6. The molecule has 1 amide bonds. The molecule has 1 aromatic heterocycles. The smallest absolute Gasteiger partial charge is 0.355 e. The molecule has 0 aliphatic carbocycles. The van der Waals surface area contributed by atoms with Crippen molar-refractivity contribution in [1.82, 2.24) is 10.3 Å². The summed E-state index contributed by atoms with van der Waals surface area (Å²) in [6, 6.07) is 0. The molecule has 82 valence electrons. The molecule has 0 saturated heterocycles. The third kappa shape index (κ3) is 3.30. The molecule has 2 N–H and O–H groups in total. The monoisotopic (exact) mass is 230 g/mol. The van der Waals surface area contributed by atoms with Crippen LogP contribution < -0.4 is 5.32 Å². The quantitative estimate of drug-likeness (QED) is 0.706. The van der Waals surface area contributed by atoms with Gasteiger partial charge in [0, 0.05) is 19.0 Å². The number of carbonyl (C=O) groups is 2. The van der Waals surface area contributed by atoms with Crippen LogP contribution in [0.2, 0.25) is 0 Å². The zero-order chi connectivity index (χ0) is 11.3. The summed E-state index contributed by atoms with van der Waals surface area (Å²) in [5.74, 6) is -1.52. The molecule has 0 bridgehead atoms. The first-order valence-electron chi connectivity index (χ1n) is 4.11. The second-order valence-electron chi connectivity index (χ2n) is 2.59. The van der Waals surface area contributed by atoms with Crippen molar-refractivity contribution in [3.05, 3.63) is 16.1 Å². The molecule has 0 aromatic carbocycles. The largest absolute Gasteiger partial charge is 0.476 e. The number of aromatic carboxylic acids is 1. The molecule has 0 spiro atoms. The molecule has 1 heterocycles. The summed E-state index contributed by atoms with van der Waals surface area (Å²) in [6.45, 7) is 0.778. The summed E-state index contributed by atoms with van der Waals surface area (Å²) in [5, 5.41) is 12.6. The van der Waals surface area contributed by atoms with Gasteiger partial charge in [-0.25, -0.2) is 9.78 Å². The number of nitrogens with zero attached hydrogens (tertiary/aromatic N) is 1. The Hall–Kier alpha value is -1.47. The summed E-state index contributed by atoms with van der Waals surface area (Å²) >= 11 is 0.999. The van der Waals surface area contributed by atoms with Crippen molar-refractivity contribution in [2.24, 2.45) is 0 Å². The van der Waals surface area contributed by atoms with Gasteiger partial charge in [-0.15, -0.1) is 11.3 Å². The number of amides is 1. The molecular weight excluding hydrogens is 220 g/mol. The number of carbonyl (C=O) groups excluding carboxylic acids is 1. The van der Waals surface area contributed by atoms with E-state index in [4.69, 9.17) is 9.84 Å². The SMILES string of the molecule is COCCNC(=O)c1nc(C(=O)O)cs1. The minimum absolute atomic E-state index is 0.114. The van der Waals surface area contributed by atoms with E-state index in [1.165, 1.54) is 12.5 Å². The summed E-state index contributed by atoms with van der Waals surface area (Å²) in [6.07, 6.45) is 0. The Morgan fingerprint density at radius 3 is 2.93 bits per heavy atom. The predicted octanol–water partition coefficient (Wildman–Crippen LogP) is 0.218. The number of carboxylic acids is 1. The lowest BCUT2D eigenvalue weighted by atomic mass is 10.5. The van der Waals surface area contributed by atoms with Crippen LogP contribution in [0.3, 0.4) is 0 Å². The van der Waals surface area contributed by atoms with E-state index in [0.29, 0.717) is 13.2 Å². The Morgan fingerprint density at radius 1 is 1.67 bits per heavy atom. The number of ether oxygens (including phenoxy) is 1. The summed E-state index contributed by atoms with van der Waals surface area (Å²) in [4.78, 5) is 25.5. The second kappa shape index (κ2) is 5.42. The Labute approximate surface area is 89.9 Å². The number of rotatable bonds is 5. The molecule has 0 radical (unpaired) electrons. The minimum atomic E-state index is -1.14. The molecule has 0 fully saturated rings. The number of carboxylic acid groups (broad SMARTS) is 1. The Balaban J connectivity index is 2.54. The van der Waals surface area contributed by atoms with Gasteiger partial charge in [-0.3, -0.25) is 4.79 Å². The summed E-state index contributed by atoms with van der Waals surface area (Å²) in [7, 11) is 1.53. The number of methoxy groups -OCH3 is 1. The minimum Gasteiger partial charge on any atom is -0.476 e. The van der Waals surface area contributed by atoms with E-state index in [2.05, 4.69) is 10.3 Å². The highest BCUT2D eigenvalue weighted by atomic mass is 32.1. The van der Waals surface area contributed by atoms with Crippen LogP contribution in [0.25, 0.3) is 0 Å². The van der Waals surface area contributed by atoms with E-state index in [1.54, 1.807) is 0 Å². The molecule has 0 aliphatic heterocycles. The standard InChI is InChI=1S/C8H10N2O4S/c1-14-3-2-9-6(11)7-10-5(4-15-7)8(12)13/h4H,2-3H2,1H3,(H,9,11)(H,12,13). The average Bonchev–Trinajstić information content (AvgIpc) is 2.66. The van der Waals surface area contributed by atoms with Crippen LogP contribution in [0.5, 0.6) is 0 Å². The average molecular weight is 230 g/mol. The van der Waals surface area contributed by atoms with E-state index < -0.39 is 5.97 Å². The Bertz CT molecular complexity index is 363. The third-order valence-corrected chi connectivity index (χ3v) is 2.35. The van der Waals surface area contributed by atoms with Gasteiger partial charge in [0.2, 0.25) is 0 Å². The maximum atomic E-state index is 11.3. The van der Waals surface area contributed by atoms with Crippen LogP contribution in [0.15, 0.2) is 5.38 Å². The maximum Gasteiger partial charge on any atom is 0.355 e. The van der Waals surface area contributed by atoms with E-state index in [0.717, 1.165) is 11.3 Å². The van der Waals surface area contributed by atoms with E-state index in [9.17, 15) is 9.59 Å². The third-order valence-electron chi connectivity index (χ3n) is 1.51. The molecule has 0 aliphatic rings. The van der Waals surface area contributed by atoms with Gasteiger partial charge < -0.3 is 15.2 Å². The van der Waals surface area contributed by atoms with Crippen molar-refractivity contribution in [3.63, 3.8) is 0 Å². The van der Waals surface area contributed by atoms with E-state index in [1.807, 2.05) is 0 Å². The number of nitrogens with one attached hydrogen (secondary N) is 1. The number of hydrogen-bond acceptors (Lipinski definition) is 5. The number of aromatic nitrogens is 1. The van der Waals surface area contributed by atoms with E-state index in [-0.39, 0.29) is 16.6 Å². The lowest BCUT2D eigenvalue weighted by Gasteiger charge is -2.00. The van der Waals surface area contributed by atoms with Crippen molar-refractivity contribution in [2.75, 3.05) is 20.3 Å². The van der Waals surface area contributed by atoms with Crippen LogP contribution in [0, 0.1) is 0 Å². The normalized spacial score (nSPS) is 9.93. The molecular formula is C8H10N2O4S. The Morgan fingerprint density at radius 2 is 2.40 bits per heavy atom. The molecule has 6 nitrogen and oxygen atoms in total. The lowest BCUT2D eigenvalue weighted by Crippen LogP contribution is -2.26. The van der Waals surface area contributed by atoms with Crippen molar-refractivity contribution in [3.8, 4) is 0 Å². The van der Waals surface area contributed by atoms with Gasteiger partial charge in [-0.05, 0) is 0 Å². The van der Waals surface area contributed by atoms with Gasteiger partial charge in [0.15, 0.2) is 10.7 Å². The molecule has 15 heavy (non-hydrogen) atoms. The van der Waals surface area contributed by atoms with Crippen LogP contribution in [-0.4, -0.2) is 42.2 Å². The molecule has 0 unspecified atom stereocenters. The van der Waals surface area contributed by atoms with Crippen LogP contribution in [-0.2, 0) is 4.74 Å². The molecule has 0 atom stereocenters. The van der Waals surface area contributed by atoms with Crippen molar-refractivity contribution in [1.29, 1.82) is 0 Å². The highest BCUT2D eigenvalue weighted by Gasteiger charge is 2.13. The van der Waals surface area contributed by atoms with E-state index >= 15 is 0 Å². The molecule has 1 aromatic rings. The predicted molar refractivity (Wildman–Crippen MR) is 53.3 cm³/mol. The second-order valence-corrected chi connectivity index (χ2v) is 3.45. The lowest BCUT2D eigenvalue weighted by molar-refractivity contribution is 0.0691. The van der Waals surface area contributed by atoms with Crippen molar-refractivity contribution in [2.45, 2.75) is 0 Å². The van der Waals surface area contributed by atoms with Gasteiger partial charge in [-0.1, -0.05) is 0 Å². The fraction of sp³-hybridized carbons (Fsp3) is 0.375. The number of thiazole rings is 1. The van der Waals surface area contributed by atoms with Gasteiger partial charge in [0.1, 0.15) is 0 Å². The topological polar surface area (TPSA) is 88.5 Å². The van der Waals surface area contributed by atoms with Gasteiger partial charge in [0.05, 0.1) is 6.61 Å². The maximum absolute atomic E-state index is 11.3. The number of hydrogen-bond donors (Lipinski definition) is 2. The summed E-state index contributed by atoms with van der Waals surface area (Å²) in [5.41, 5.74) is -0.114. The van der Waals surface area contributed by atoms with Crippen molar-refractivity contribution < 1.29 is 19.4 Å². The summed E-state index contributed by atoms with van der Waals surface area (Å²) < 4.78 is 4.75. The molecule has 1 rings (SSSR count). The highest BCUT2D eigenvalue weighted by Crippen LogP contribution is 2.09. The first-order chi connectivity index (χ1) is 7.15. The van der Waals surface area contributed by atoms with Crippen LogP contribution >= 0.6 is 11.3 Å². The Kier molecular flexibility index (Phi) is 4.19. The fourth-order valence-electron chi connectivity index (χ4n) is 0.818.